The normalized spacial score (nSPS) is 19.8. The predicted octanol–water partition coefficient (Wildman–Crippen LogP) is 4.70. The van der Waals surface area contributed by atoms with E-state index in [-0.39, 0.29) is 6.03 Å². The highest BCUT2D eigenvalue weighted by molar-refractivity contribution is 5.95. The second kappa shape index (κ2) is 9.09. The van der Waals surface area contributed by atoms with Crippen LogP contribution in [0.3, 0.4) is 0 Å². The van der Waals surface area contributed by atoms with Gasteiger partial charge in [-0.1, -0.05) is 48.0 Å². The summed E-state index contributed by atoms with van der Waals surface area (Å²) >= 11 is 0. The van der Waals surface area contributed by atoms with E-state index in [0.29, 0.717) is 17.9 Å². The van der Waals surface area contributed by atoms with Crippen LogP contribution in [0.5, 0.6) is 0 Å². The quantitative estimate of drug-likeness (QED) is 0.485. The Morgan fingerprint density at radius 3 is 2.20 bits per heavy atom. The molecule has 0 N–H and O–H groups in total. The summed E-state index contributed by atoms with van der Waals surface area (Å²) in [6, 6.07) is 17.6. The molecule has 1 aliphatic carbocycles. The van der Waals surface area contributed by atoms with Gasteiger partial charge in [0.2, 0.25) is 0 Å². The molecule has 0 bridgehead atoms. The summed E-state index contributed by atoms with van der Waals surface area (Å²) < 4.78 is 7.60. The van der Waals surface area contributed by atoms with Gasteiger partial charge in [0.05, 0.1) is 11.2 Å². The molecule has 8 heteroatoms. The summed E-state index contributed by atoms with van der Waals surface area (Å²) in [5, 5.41) is 0. The van der Waals surface area contributed by atoms with E-state index >= 15 is 0 Å². The molecule has 1 atom stereocenters. The highest BCUT2D eigenvalue weighted by Crippen LogP contribution is 2.42. The van der Waals surface area contributed by atoms with E-state index < -0.39 is 23.2 Å². The first-order chi connectivity index (χ1) is 16.9. The topological polar surface area (TPSA) is 80.7 Å². The molecule has 1 aliphatic heterocycles. The zero-order valence-electron chi connectivity index (χ0n) is 20.1. The Kier molecular flexibility index (Phi) is 5.96. The minimum absolute atomic E-state index is 0.218. The molecule has 182 valence electrons. The molecule has 1 saturated heterocycles. The van der Waals surface area contributed by atoms with Crippen LogP contribution in [0.4, 0.5) is 10.5 Å². The third kappa shape index (κ3) is 4.03. The highest BCUT2D eigenvalue weighted by atomic mass is 16.5. The van der Waals surface area contributed by atoms with Crippen LogP contribution in [0, 0.1) is 0 Å². The fourth-order valence-corrected chi connectivity index (χ4v) is 5.23. The first-order valence-electron chi connectivity index (χ1n) is 12.1. The number of benzene rings is 2. The van der Waals surface area contributed by atoms with Gasteiger partial charge in [-0.2, -0.15) is 4.57 Å². The molecule has 2 aliphatic rings. The Hall–Kier alpha value is -3.81. The Morgan fingerprint density at radius 1 is 0.914 bits per heavy atom. The number of amides is 2. The van der Waals surface area contributed by atoms with E-state index in [1.807, 2.05) is 50.2 Å². The molecule has 0 unspecified atom stereocenters. The van der Waals surface area contributed by atoms with Crippen LogP contribution < -0.4 is 16.3 Å². The number of urea groups is 1. The van der Waals surface area contributed by atoms with Gasteiger partial charge in [-0.05, 0) is 70.2 Å². The van der Waals surface area contributed by atoms with Crippen molar-refractivity contribution in [1.82, 2.24) is 14.2 Å². The Balaban J connectivity index is 1.59. The van der Waals surface area contributed by atoms with Gasteiger partial charge in [-0.25, -0.2) is 14.4 Å². The van der Waals surface area contributed by atoms with Crippen molar-refractivity contribution in [1.29, 1.82) is 0 Å². The second-order valence-corrected chi connectivity index (χ2v) is 9.66. The molecule has 1 aromatic heterocycles. The summed E-state index contributed by atoms with van der Waals surface area (Å²) in [6.45, 7) is 4.36. The van der Waals surface area contributed by atoms with Gasteiger partial charge < -0.3 is 9.42 Å². The molecule has 0 spiro atoms. The molecule has 5 rings (SSSR count). The van der Waals surface area contributed by atoms with Crippen molar-refractivity contribution in [2.24, 2.45) is 0 Å². The number of anilines is 1. The maximum absolute atomic E-state index is 13.8. The third-order valence-corrected chi connectivity index (χ3v) is 7.06. The number of para-hydroxylation sites is 2. The van der Waals surface area contributed by atoms with E-state index in [0.717, 1.165) is 28.6 Å². The molecule has 2 heterocycles. The minimum Gasteiger partial charge on any atom is -0.315 e. The average molecular weight is 475 g/mol. The molecule has 3 aromatic rings. The molecule has 0 saturated carbocycles. The minimum atomic E-state index is -0.845. The van der Waals surface area contributed by atoms with E-state index in [2.05, 4.69) is 6.08 Å². The predicted molar refractivity (Wildman–Crippen MR) is 134 cm³/mol. The molecular weight excluding hydrogens is 444 g/mol. The summed E-state index contributed by atoms with van der Waals surface area (Å²) in [6.07, 6.45) is 6.75. The van der Waals surface area contributed by atoms with Crippen molar-refractivity contribution in [2.45, 2.75) is 57.7 Å². The molecular formula is C27H30N4O4. The number of rotatable bonds is 6. The Morgan fingerprint density at radius 2 is 1.57 bits per heavy atom. The first-order valence-corrected chi connectivity index (χ1v) is 12.1. The summed E-state index contributed by atoms with van der Waals surface area (Å²) in [4.78, 5) is 43.5. The first kappa shape index (κ1) is 23.0. The monoisotopic (exact) mass is 474 g/mol. The third-order valence-electron chi connectivity index (χ3n) is 7.06. The van der Waals surface area contributed by atoms with Crippen LogP contribution in [0.15, 0.2) is 86.4 Å². The maximum atomic E-state index is 13.8. The molecule has 2 amide bonds. The largest absolute Gasteiger partial charge is 0.447 e. The standard InChI is InChI=1S/C27H30N4O4/c1-27(2)23(31-25(33)30(26(34)35-31)22-16-10-5-11-17-22)29(21-14-8-4-9-15-21)24(32)28(27)19-18-20-12-6-3-7-13-20/h4-5,8-12,14-17,23H,3,6-7,13,18-19H2,1-2H3/t23-/m0/s1. The number of carbonyl (C=O) groups is 1. The van der Waals surface area contributed by atoms with Gasteiger partial charge in [-0.15, -0.1) is 4.74 Å². The molecule has 1 fully saturated rings. The van der Waals surface area contributed by atoms with E-state index in [1.54, 1.807) is 34.1 Å². The molecule has 35 heavy (non-hydrogen) atoms. The van der Waals surface area contributed by atoms with Crippen molar-refractivity contribution in [2.75, 3.05) is 11.4 Å². The van der Waals surface area contributed by atoms with Gasteiger partial charge in [0, 0.05) is 12.2 Å². The van der Waals surface area contributed by atoms with Crippen LogP contribution in [0.2, 0.25) is 0 Å². The molecule has 8 nitrogen and oxygen atoms in total. The van der Waals surface area contributed by atoms with Crippen LogP contribution in [-0.4, -0.2) is 32.3 Å². The summed E-state index contributed by atoms with van der Waals surface area (Å²) in [5.74, 6) is -0.789. The number of hydrogen-bond donors (Lipinski definition) is 0. The molecule has 0 radical (unpaired) electrons. The maximum Gasteiger partial charge on any atom is 0.447 e. The number of allylic oxidation sites excluding steroid dienone is 1. The number of hydrogen-bond acceptors (Lipinski definition) is 4. The van der Waals surface area contributed by atoms with E-state index in [4.69, 9.17) is 4.52 Å². The van der Waals surface area contributed by atoms with Crippen molar-refractivity contribution < 1.29 is 9.32 Å². The lowest BCUT2D eigenvalue weighted by atomic mass is 9.95. The SMILES string of the molecule is CC1(C)[C@H](n2oc(=O)n(-c3ccccc3)c2=O)N(c2ccccc2)C(=O)N1CCC1=CCCCC1. The summed E-state index contributed by atoms with van der Waals surface area (Å²) in [7, 11) is 0. The lowest BCUT2D eigenvalue weighted by Crippen LogP contribution is -2.47. The van der Waals surface area contributed by atoms with Gasteiger partial charge in [0.1, 0.15) is 0 Å². The van der Waals surface area contributed by atoms with E-state index in [1.165, 1.54) is 18.4 Å². The molecule has 2 aromatic carbocycles. The van der Waals surface area contributed by atoms with Crippen LogP contribution in [0.25, 0.3) is 5.69 Å². The van der Waals surface area contributed by atoms with Crippen molar-refractivity contribution in [3.63, 3.8) is 0 Å². The lowest BCUT2D eigenvalue weighted by molar-refractivity contribution is 0.0974. The smallest absolute Gasteiger partial charge is 0.315 e. The van der Waals surface area contributed by atoms with Crippen LogP contribution in [-0.2, 0) is 0 Å². The fraction of sp³-hybridized carbons (Fsp3) is 0.370. The number of carbonyl (C=O) groups excluding carboxylic acids is 1. The fourth-order valence-electron chi connectivity index (χ4n) is 5.23. The second-order valence-electron chi connectivity index (χ2n) is 9.66. The van der Waals surface area contributed by atoms with Gasteiger partial charge in [0.15, 0.2) is 6.17 Å². The Bertz CT molecular complexity index is 1350. The Labute approximate surface area is 203 Å². The van der Waals surface area contributed by atoms with Gasteiger partial charge in [-0.3, -0.25) is 4.90 Å². The zero-order chi connectivity index (χ0) is 24.6. The van der Waals surface area contributed by atoms with Crippen LogP contribution in [0.1, 0.15) is 52.1 Å². The lowest BCUT2D eigenvalue weighted by Gasteiger charge is -2.34. The van der Waals surface area contributed by atoms with Crippen molar-refractivity contribution >= 4 is 11.7 Å². The van der Waals surface area contributed by atoms with Crippen LogP contribution >= 0.6 is 0 Å². The zero-order valence-corrected chi connectivity index (χ0v) is 20.1. The van der Waals surface area contributed by atoms with Crippen molar-refractivity contribution in [3.05, 3.63) is 93.3 Å². The average Bonchev–Trinajstić information content (AvgIpc) is 3.27. The number of aromatic nitrogens is 2. The number of nitrogens with zero attached hydrogens (tertiary/aromatic N) is 4. The summed E-state index contributed by atoms with van der Waals surface area (Å²) in [5.41, 5.74) is 0.972. The van der Waals surface area contributed by atoms with Gasteiger partial charge >= 0.3 is 17.5 Å². The van der Waals surface area contributed by atoms with Gasteiger partial charge in [0.25, 0.3) is 0 Å². The van der Waals surface area contributed by atoms with E-state index in [9.17, 15) is 14.4 Å². The van der Waals surface area contributed by atoms with Crippen molar-refractivity contribution in [3.8, 4) is 5.69 Å². The highest BCUT2D eigenvalue weighted by Gasteiger charge is 2.55.